The molecule has 1 atom stereocenters. The van der Waals surface area contributed by atoms with Gasteiger partial charge in [-0.15, -0.1) is 11.8 Å². The van der Waals surface area contributed by atoms with Gasteiger partial charge in [0.15, 0.2) is 0 Å². The van der Waals surface area contributed by atoms with Crippen molar-refractivity contribution >= 4 is 17.8 Å². The Morgan fingerprint density at radius 3 is 3.08 bits per heavy atom. The number of hydrogen-bond donors (Lipinski definition) is 0. The summed E-state index contributed by atoms with van der Waals surface area (Å²) in [6.07, 6.45) is 4.58. The van der Waals surface area contributed by atoms with Crippen molar-refractivity contribution in [3.8, 4) is 0 Å². The fourth-order valence-electron chi connectivity index (χ4n) is 1.82. The van der Waals surface area contributed by atoms with Crippen LogP contribution in [0.5, 0.6) is 0 Å². The summed E-state index contributed by atoms with van der Waals surface area (Å²) in [5.41, 5.74) is 2.86. The van der Waals surface area contributed by atoms with Gasteiger partial charge >= 0.3 is 0 Å². The van der Waals surface area contributed by atoms with E-state index in [-0.39, 0.29) is 0 Å². The molecule has 1 aromatic rings. The van der Waals surface area contributed by atoms with Crippen LogP contribution in [0.25, 0.3) is 6.08 Å². The fraction of sp³-hybridized carbons (Fsp3) is 0.0909. The summed E-state index contributed by atoms with van der Waals surface area (Å²) in [4.78, 5) is 1.48. The summed E-state index contributed by atoms with van der Waals surface area (Å²) < 4.78 is 0. The molecule has 1 heterocycles. The van der Waals surface area contributed by atoms with Gasteiger partial charge in [0.25, 0.3) is 0 Å². The Bertz CT molecular complexity index is 388. The highest BCUT2D eigenvalue weighted by atomic mass is 32.2. The molecule has 0 spiro atoms. The first-order chi connectivity index (χ1) is 5.95. The summed E-state index contributed by atoms with van der Waals surface area (Å²) in [7, 11) is 0. The molecule has 0 bridgehead atoms. The average Bonchev–Trinajstić information content (AvgIpc) is 2.62. The van der Waals surface area contributed by atoms with Gasteiger partial charge in [-0.1, -0.05) is 30.3 Å². The fourth-order valence-corrected chi connectivity index (χ4v) is 2.76. The molecule has 12 heavy (non-hydrogen) atoms. The van der Waals surface area contributed by atoms with Crippen molar-refractivity contribution in [3.05, 3.63) is 51.8 Å². The lowest BCUT2D eigenvalue weighted by atomic mass is 10.0. The highest BCUT2D eigenvalue weighted by molar-refractivity contribution is 8.06. The smallest absolute Gasteiger partial charge is 0.0347 e. The Morgan fingerprint density at radius 1 is 1.17 bits per heavy atom. The summed E-state index contributed by atoms with van der Waals surface area (Å²) in [6.45, 7) is 0. The van der Waals surface area contributed by atoms with Gasteiger partial charge in [0.1, 0.15) is 0 Å². The SMILES string of the molecule is C1=CC2C(=Cc3ccccc32)S1. The van der Waals surface area contributed by atoms with Gasteiger partial charge in [-0.25, -0.2) is 0 Å². The maximum absolute atomic E-state index is 2.30. The molecule has 0 fully saturated rings. The molecule has 0 N–H and O–H groups in total. The van der Waals surface area contributed by atoms with Crippen LogP contribution in [0.15, 0.2) is 40.7 Å². The molecule has 0 radical (unpaired) electrons. The molecule has 0 amide bonds. The first-order valence-corrected chi connectivity index (χ1v) is 4.97. The standard InChI is InChI=1S/C11H8S/c1-2-4-9-8(3-1)7-11-10(9)5-6-12-11/h1-7,10H. The van der Waals surface area contributed by atoms with Crippen molar-refractivity contribution in [1.82, 2.24) is 0 Å². The van der Waals surface area contributed by atoms with E-state index in [1.807, 2.05) is 11.8 Å². The minimum atomic E-state index is 0.575. The molecule has 1 heteroatoms. The lowest BCUT2D eigenvalue weighted by Gasteiger charge is -2.03. The molecular weight excluding hydrogens is 164 g/mol. The molecule has 0 saturated heterocycles. The van der Waals surface area contributed by atoms with E-state index in [1.165, 1.54) is 16.0 Å². The highest BCUT2D eigenvalue weighted by Crippen LogP contribution is 2.47. The predicted octanol–water partition coefficient (Wildman–Crippen LogP) is 3.39. The molecule has 2 aliphatic rings. The van der Waals surface area contributed by atoms with Crippen LogP contribution >= 0.6 is 11.8 Å². The number of thioether (sulfide) groups is 1. The Hall–Kier alpha value is -0.950. The minimum Gasteiger partial charge on any atom is -0.102 e. The Kier molecular flexibility index (Phi) is 1.24. The second kappa shape index (κ2) is 2.27. The molecule has 0 aromatic heterocycles. The van der Waals surface area contributed by atoms with Crippen LogP contribution in [0, 0.1) is 0 Å². The molecule has 58 valence electrons. The third-order valence-corrected chi connectivity index (χ3v) is 3.35. The quantitative estimate of drug-likeness (QED) is 0.578. The number of benzene rings is 1. The zero-order chi connectivity index (χ0) is 7.97. The normalized spacial score (nSPS) is 23.7. The second-order valence-electron chi connectivity index (χ2n) is 3.10. The van der Waals surface area contributed by atoms with E-state index in [4.69, 9.17) is 0 Å². The summed E-state index contributed by atoms with van der Waals surface area (Å²) >= 11 is 1.85. The Morgan fingerprint density at radius 2 is 2.08 bits per heavy atom. The van der Waals surface area contributed by atoms with Crippen LogP contribution in [-0.4, -0.2) is 0 Å². The molecule has 1 aliphatic heterocycles. The minimum absolute atomic E-state index is 0.575. The monoisotopic (exact) mass is 172 g/mol. The molecule has 0 saturated carbocycles. The second-order valence-corrected chi connectivity index (χ2v) is 4.08. The zero-order valence-electron chi connectivity index (χ0n) is 6.53. The van der Waals surface area contributed by atoms with Crippen molar-refractivity contribution in [2.24, 2.45) is 0 Å². The first-order valence-electron chi connectivity index (χ1n) is 4.09. The molecule has 3 rings (SSSR count). The van der Waals surface area contributed by atoms with Gasteiger partial charge in [-0.3, -0.25) is 0 Å². The maximum Gasteiger partial charge on any atom is 0.0347 e. The van der Waals surface area contributed by atoms with E-state index in [2.05, 4.69) is 41.8 Å². The zero-order valence-corrected chi connectivity index (χ0v) is 7.34. The van der Waals surface area contributed by atoms with Crippen molar-refractivity contribution in [3.63, 3.8) is 0 Å². The van der Waals surface area contributed by atoms with Gasteiger partial charge in [0.05, 0.1) is 0 Å². The van der Waals surface area contributed by atoms with E-state index < -0.39 is 0 Å². The third kappa shape index (κ3) is 0.745. The molecule has 1 aliphatic carbocycles. The van der Waals surface area contributed by atoms with E-state index in [0.29, 0.717) is 5.92 Å². The largest absolute Gasteiger partial charge is 0.102 e. The van der Waals surface area contributed by atoms with Crippen molar-refractivity contribution in [1.29, 1.82) is 0 Å². The van der Waals surface area contributed by atoms with Gasteiger partial charge in [-0.2, -0.15) is 0 Å². The van der Waals surface area contributed by atoms with E-state index in [1.54, 1.807) is 0 Å². The van der Waals surface area contributed by atoms with Crippen LogP contribution in [0.2, 0.25) is 0 Å². The molecule has 0 nitrogen and oxygen atoms in total. The summed E-state index contributed by atoms with van der Waals surface area (Å²) in [6, 6.07) is 8.63. The van der Waals surface area contributed by atoms with Crippen molar-refractivity contribution in [2.45, 2.75) is 5.92 Å². The van der Waals surface area contributed by atoms with E-state index in [9.17, 15) is 0 Å². The summed E-state index contributed by atoms with van der Waals surface area (Å²) in [5.74, 6) is 0.575. The van der Waals surface area contributed by atoms with E-state index in [0.717, 1.165) is 0 Å². The van der Waals surface area contributed by atoms with Gasteiger partial charge in [0, 0.05) is 10.8 Å². The third-order valence-electron chi connectivity index (χ3n) is 2.41. The number of hydrogen-bond acceptors (Lipinski definition) is 1. The number of fused-ring (bicyclic) bond motifs is 3. The number of allylic oxidation sites excluding steroid dienone is 2. The van der Waals surface area contributed by atoms with Crippen LogP contribution in [0.4, 0.5) is 0 Å². The van der Waals surface area contributed by atoms with Crippen LogP contribution in [0.3, 0.4) is 0 Å². The number of rotatable bonds is 0. The van der Waals surface area contributed by atoms with Crippen molar-refractivity contribution in [2.75, 3.05) is 0 Å². The van der Waals surface area contributed by atoms with Gasteiger partial charge in [-0.05, 0) is 22.6 Å². The summed E-state index contributed by atoms with van der Waals surface area (Å²) in [5, 5.41) is 2.19. The van der Waals surface area contributed by atoms with Crippen LogP contribution in [-0.2, 0) is 0 Å². The van der Waals surface area contributed by atoms with Crippen LogP contribution in [0.1, 0.15) is 17.0 Å². The predicted molar refractivity (Wildman–Crippen MR) is 53.9 cm³/mol. The maximum atomic E-state index is 2.30. The van der Waals surface area contributed by atoms with Crippen LogP contribution < -0.4 is 0 Å². The Labute approximate surface area is 76.0 Å². The molecule has 1 aromatic carbocycles. The van der Waals surface area contributed by atoms with E-state index >= 15 is 0 Å². The lowest BCUT2D eigenvalue weighted by Crippen LogP contribution is -1.87. The molecule has 1 unspecified atom stereocenters. The molecular formula is C11H8S. The average molecular weight is 172 g/mol. The topological polar surface area (TPSA) is 0 Å². The van der Waals surface area contributed by atoms with Gasteiger partial charge in [0.2, 0.25) is 0 Å². The Balaban J connectivity index is 2.23. The lowest BCUT2D eigenvalue weighted by molar-refractivity contribution is 1.11. The first kappa shape index (κ1) is 6.55. The van der Waals surface area contributed by atoms with Gasteiger partial charge < -0.3 is 0 Å². The van der Waals surface area contributed by atoms with Crippen molar-refractivity contribution < 1.29 is 0 Å². The highest BCUT2D eigenvalue weighted by Gasteiger charge is 2.25.